The first-order chi connectivity index (χ1) is 9.63. The fourth-order valence-corrected chi connectivity index (χ4v) is 2.09. The number of nitrogens with one attached hydrogen (secondary N) is 1. The number of anilines is 1. The van der Waals surface area contributed by atoms with Crippen LogP contribution in [0.4, 0.5) is 5.69 Å². The molecule has 20 heavy (non-hydrogen) atoms. The molecule has 0 aliphatic rings. The summed E-state index contributed by atoms with van der Waals surface area (Å²) in [5, 5.41) is 12.8. The van der Waals surface area contributed by atoms with Gasteiger partial charge in [0.15, 0.2) is 5.75 Å². The molecular weight excluding hydrogens is 252 g/mol. The standard InChI is InChI=1S/C16H18N2O2/c1-2-14(11-7-4-3-5-8-11)18-16(20)12-9-6-10-13(17)15(12)19/h3-10,14,19H,2,17H2,1H3,(H,18,20). The van der Waals surface area contributed by atoms with Crippen molar-refractivity contribution < 1.29 is 9.90 Å². The lowest BCUT2D eigenvalue weighted by molar-refractivity contribution is 0.0933. The van der Waals surface area contributed by atoms with Crippen molar-refractivity contribution in [3.05, 3.63) is 59.7 Å². The Bertz CT molecular complexity index is 597. The predicted molar refractivity (Wildman–Crippen MR) is 79.5 cm³/mol. The highest BCUT2D eigenvalue weighted by atomic mass is 16.3. The number of hydrogen-bond acceptors (Lipinski definition) is 3. The molecular formula is C16H18N2O2. The van der Waals surface area contributed by atoms with Gasteiger partial charge in [-0.25, -0.2) is 0 Å². The molecule has 0 saturated carbocycles. The van der Waals surface area contributed by atoms with Crippen LogP contribution < -0.4 is 11.1 Å². The second kappa shape index (κ2) is 6.10. The van der Waals surface area contributed by atoms with E-state index in [4.69, 9.17) is 5.73 Å². The number of phenols is 1. The van der Waals surface area contributed by atoms with Crippen LogP contribution in [-0.2, 0) is 0 Å². The van der Waals surface area contributed by atoms with Crippen molar-refractivity contribution in [1.82, 2.24) is 5.32 Å². The van der Waals surface area contributed by atoms with E-state index in [-0.39, 0.29) is 28.9 Å². The maximum atomic E-state index is 12.2. The van der Waals surface area contributed by atoms with Crippen molar-refractivity contribution in [1.29, 1.82) is 0 Å². The summed E-state index contributed by atoms with van der Waals surface area (Å²) in [6.45, 7) is 2.00. The molecule has 1 atom stereocenters. The van der Waals surface area contributed by atoms with Gasteiger partial charge in [-0.05, 0) is 24.1 Å². The van der Waals surface area contributed by atoms with Gasteiger partial charge in [0.1, 0.15) is 0 Å². The fourth-order valence-electron chi connectivity index (χ4n) is 2.09. The molecule has 4 heteroatoms. The second-order valence-corrected chi connectivity index (χ2v) is 4.59. The quantitative estimate of drug-likeness (QED) is 0.590. The number of para-hydroxylation sites is 1. The highest BCUT2D eigenvalue weighted by molar-refractivity contribution is 5.98. The van der Waals surface area contributed by atoms with E-state index in [9.17, 15) is 9.90 Å². The zero-order chi connectivity index (χ0) is 14.5. The van der Waals surface area contributed by atoms with E-state index < -0.39 is 0 Å². The Balaban J connectivity index is 2.20. The van der Waals surface area contributed by atoms with Crippen molar-refractivity contribution in [2.24, 2.45) is 0 Å². The van der Waals surface area contributed by atoms with E-state index in [1.54, 1.807) is 18.2 Å². The van der Waals surface area contributed by atoms with Crippen molar-refractivity contribution in [2.75, 3.05) is 5.73 Å². The first-order valence-electron chi connectivity index (χ1n) is 6.56. The van der Waals surface area contributed by atoms with Crippen LogP contribution in [0.2, 0.25) is 0 Å². The topological polar surface area (TPSA) is 75.4 Å². The summed E-state index contributed by atoms with van der Waals surface area (Å²) in [5.74, 6) is -0.501. The number of amides is 1. The van der Waals surface area contributed by atoms with Gasteiger partial charge in [0.2, 0.25) is 0 Å². The Labute approximate surface area is 118 Å². The summed E-state index contributed by atoms with van der Waals surface area (Å²) in [7, 11) is 0. The smallest absolute Gasteiger partial charge is 0.255 e. The van der Waals surface area contributed by atoms with Crippen molar-refractivity contribution in [3.8, 4) is 5.75 Å². The van der Waals surface area contributed by atoms with Gasteiger partial charge in [-0.15, -0.1) is 0 Å². The summed E-state index contributed by atoms with van der Waals surface area (Å²) in [5.41, 5.74) is 7.03. The molecule has 4 N–H and O–H groups in total. The van der Waals surface area contributed by atoms with Gasteiger partial charge in [-0.1, -0.05) is 43.3 Å². The van der Waals surface area contributed by atoms with Crippen LogP contribution in [0.5, 0.6) is 5.75 Å². The zero-order valence-corrected chi connectivity index (χ0v) is 11.3. The van der Waals surface area contributed by atoms with Crippen LogP contribution in [0.3, 0.4) is 0 Å². The number of rotatable bonds is 4. The number of phenolic OH excluding ortho intramolecular Hbond substituents is 1. The minimum absolute atomic E-state index is 0.0930. The van der Waals surface area contributed by atoms with Crippen LogP contribution in [0.25, 0.3) is 0 Å². The number of aromatic hydroxyl groups is 1. The molecule has 0 radical (unpaired) electrons. The molecule has 0 fully saturated rings. The van der Waals surface area contributed by atoms with Gasteiger partial charge in [0.25, 0.3) is 5.91 Å². The van der Waals surface area contributed by atoms with E-state index in [2.05, 4.69) is 5.32 Å². The summed E-state index contributed by atoms with van der Waals surface area (Å²) < 4.78 is 0. The van der Waals surface area contributed by atoms with Gasteiger partial charge >= 0.3 is 0 Å². The van der Waals surface area contributed by atoms with Crippen molar-refractivity contribution in [2.45, 2.75) is 19.4 Å². The van der Waals surface area contributed by atoms with Crippen LogP contribution in [0.1, 0.15) is 35.3 Å². The summed E-state index contributed by atoms with van der Waals surface area (Å²) in [6.07, 6.45) is 0.763. The first-order valence-corrected chi connectivity index (χ1v) is 6.56. The fraction of sp³-hybridized carbons (Fsp3) is 0.188. The highest BCUT2D eigenvalue weighted by Crippen LogP contribution is 2.25. The predicted octanol–water partition coefficient (Wildman–Crippen LogP) is 2.86. The average molecular weight is 270 g/mol. The molecule has 0 aliphatic heterocycles. The molecule has 4 nitrogen and oxygen atoms in total. The third-order valence-electron chi connectivity index (χ3n) is 3.23. The molecule has 0 heterocycles. The molecule has 1 unspecified atom stereocenters. The third kappa shape index (κ3) is 2.91. The largest absolute Gasteiger partial charge is 0.505 e. The van der Waals surface area contributed by atoms with Crippen molar-refractivity contribution >= 4 is 11.6 Å². The lowest BCUT2D eigenvalue weighted by Crippen LogP contribution is -2.28. The molecule has 0 bridgehead atoms. The zero-order valence-electron chi connectivity index (χ0n) is 11.3. The van der Waals surface area contributed by atoms with Crippen LogP contribution in [-0.4, -0.2) is 11.0 Å². The number of nitrogen functional groups attached to an aromatic ring is 1. The van der Waals surface area contributed by atoms with E-state index in [1.165, 1.54) is 0 Å². The van der Waals surface area contributed by atoms with Gasteiger partial charge in [-0.2, -0.15) is 0 Å². The Kier molecular flexibility index (Phi) is 4.25. The molecule has 0 saturated heterocycles. The maximum absolute atomic E-state index is 12.2. The number of hydrogen-bond donors (Lipinski definition) is 3. The van der Waals surface area contributed by atoms with Crippen molar-refractivity contribution in [3.63, 3.8) is 0 Å². The van der Waals surface area contributed by atoms with Gasteiger partial charge in [-0.3, -0.25) is 4.79 Å². The minimum Gasteiger partial charge on any atom is -0.505 e. The normalized spacial score (nSPS) is 11.8. The van der Waals surface area contributed by atoms with E-state index in [1.807, 2.05) is 37.3 Å². The van der Waals surface area contributed by atoms with Gasteiger partial charge < -0.3 is 16.2 Å². The van der Waals surface area contributed by atoms with Crippen LogP contribution in [0, 0.1) is 0 Å². The molecule has 104 valence electrons. The first kappa shape index (κ1) is 13.9. The molecule has 2 aromatic carbocycles. The summed E-state index contributed by atoms with van der Waals surface area (Å²) in [4.78, 5) is 12.2. The molecule has 2 rings (SSSR count). The van der Waals surface area contributed by atoms with E-state index >= 15 is 0 Å². The third-order valence-corrected chi connectivity index (χ3v) is 3.23. The molecule has 0 aromatic heterocycles. The SMILES string of the molecule is CCC(NC(=O)c1cccc(N)c1O)c1ccccc1. The number of nitrogens with two attached hydrogens (primary N) is 1. The Morgan fingerprint density at radius 2 is 1.90 bits per heavy atom. The van der Waals surface area contributed by atoms with Crippen LogP contribution >= 0.6 is 0 Å². The lowest BCUT2D eigenvalue weighted by atomic mass is 10.0. The number of carbonyl (C=O) groups excluding carboxylic acids is 1. The van der Waals surface area contributed by atoms with E-state index in [0.29, 0.717) is 0 Å². The number of benzene rings is 2. The van der Waals surface area contributed by atoms with E-state index in [0.717, 1.165) is 12.0 Å². The Morgan fingerprint density at radius 1 is 1.20 bits per heavy atom. The average Bonchev–Trinajstić information content (AvgIpc) is 2.48. The van der Waals surface area contributed by atoms with Gasteiger partial charge in [0.05, 0.1) is 17.3 Å². The molecule has 2 aromatic rings. The molecule has 0 spiro atoms. The molecule has 1 amide bonds. The second-order valence-electron chi connectivity index (χ2n) is 4.59. The summed E-state index contributed by atoms with van der Waals surface area (Å²) >= 11 is 0. The Morgan fingerprint density at radius 3 is 2.55 bits per heavy atom. The van der Waals surface area contributed by atoms with Gasteiger partial charge in [0, 0.05) is 0 Å². The summed E-state index contributed by atoms with van der Waals surface area (Å²) in [6, 6.07) is 14.4. The highest BCUT2D eigenvalue weighted by Gasteiger charge is 2.17. The minimum atomic E-state index is -0.328. The number of carbonyl (C=O) groups is 1. The molecule has 0 aliphatic carbocycles. The van der Waals surface area contributed by atoms with Crippen LogP contribution in [0.15, 0.2) is 48.5 Å². The maximum Gasteiger partial charge on any atom is 0.255 e. The monoisotopic (exact) mass is 270 g/mol. The Hall–Kier alpha value is -2.49. The lowest BCUT2D eigenvalue weighted by Gasteiger charge is -2.18.